The number of rotatable bonds is 4. The normalized spacial score (nSPS) is 21.1. The molecule has 28 heavy (non-hydrogen) atoms. The highest BCUT2D eigenvalue weighted by Crippen LogP contribution is 2.32. The zero-order valence-electron chi connectivity index (χ0n) is 16.0. The Morgan fingerprint density at radius 1 is 1.25 bits per heavy atom. The van der Waals surface area contributed by atoms with E-state index in [2.05, 4.69) is 21.8 Å². The van der Waals surface area contributed by atoms with Gasteiger partial charge < -0.3 is 15.6 Å². The summed E-state index contributed by atoms with van der Waals surface area (Å²) in [6.07, 6.45) is 4.44. The number of benzene rings is 1. The number of nitrogens with two attached hydrogens (primary N) is 1. The molecule has 8 heteroatoms. The molecule has 3 aromatic rings. The minimum Gasteiger partial charge on any atom is -0.398 e. The zero-order chi connectivity index (χ0) is 19.9. The van der Waals surface area contributed by atoms with Crippen LogP contribution in [0.5, 0.6) is 0 Å². The minimum absolute atomic E-state index is 0.0500. The zero-order valence-corrected chi connectivity index (χ0v) is 16.9. The van der Waals surface area contributed by atoms with Crippen molar-refractivity contribution in [3.63, 3.8) is 0 Å². The third kappa shape index (κ3) is 3.12. The van der Waals surface area contributed by atoms with E-state index in [1.54, 1.807) is 34.8 Å². The molecular weight excluding hydrogens is 374 g/mol. The smallest absolute Gasteiger partial charge is 0.245 e. The number of hydrogen-bond acceptors (Lipinski definition) is 5. The molecule has 2 atom stereocenters. The van der Waals surface area contributed by atoms with Crippen LogP contribution in [-0.2, 0) is 10.0 Å². The fraction of sp³-hybridized carbons (Fsp3) is 0.350. The molecule has 0 radical (unpaired) electrons. The number of fused-ring (bicyclic) bond motifs is 1. The van der Waals surface area contributed by atoms with E-state index in [4.69, 9.17) is 5.73 Å². The molecule has 1 unspecified atom stereocenters. The number of nitrogens with zero attached hydrogens (tertiary/aromatic N) is 3. The first kappa shape index (κ1) is 18.8. The highest BCUT2D eigenvalue weighted by molar-refractivity contribution is 7.89. The third-order valence-corrected chi connectivity index (χ3v) is 7.67. The van der Waals surface area contributed by atoms with Crippen LogP contribution in [-0.4, -0.2) is 48.9 Å². The molecule has 1 aliphatic heterocycles. The molecule has 0 amide bonds. The highest BCUT2D eigenvalue weighted by Gasteiger charge is 2.36. The Bertz CT molecular complexity index is 1090. The van der Waals surface area contributed by atoms with Crippen molar-refractivity contribution in [1.29, 1.82) is 0 Å². The molecule has 1 aromatic carbocycles. The van der Waals surface area contributed by atoms with E-state index in [0.717, 1.165) is 23.1 Å². The van der Waals surface area contributed by atoms with Crippen molar-refractivity contribution >= 4 is 32.4 Å². The second-order valence-corrected chi connectivity index (χ2v) is 9.32. The van der Waals surface area contributed by atoms with Crippen LogP contribution in [0.1, 0.15) is 13.3 Å². The molecule has 0 aliphatic carbocycles. The number of H-pyrrole nitrogens is 1. The summed E-state index contributed by atoms with van der Waals surface area (Å²) in [4.78, 5) is 9.84. The lowest BCUT2D eigenvalue weighted by molar-refractivity contribution is 0.248. The van der Waals surface area contributed by atoms with E-state index in [0.29, 0.717) is 19.0 Å². The van der Waals surface area contributed by atoms with Crippen LogP contribution in [0.3, 0.4) is 0 Å². The van der Waals surface area contributed by atoms with Crippen molar-refractivity contribution in [2.24, 2.45) is 5.92 Å². The quantitative estimate of drug-likeness (QED) is 0.658. The largest absolute Gasteiger partial charge is 0.398 e. The molecule has 0 bridgehead atoms. The predicted molar refractivity (Wildman–Crippen MR) is 112 cm³/mol. The molecule has 1 fully saturated rings. The van der Waals surface area contributed by atoms with Crippen LogP contribution in [0.2, 0.25) is 0 Å². The maximum Gasteiger partial charge on any atom is 0.245 e. The number of likely N-dealkylation sites (N-methyl/N-ethyl adjacent to an activating group) is 1. The van der Waals surface area contributed by atoms with Gasteiger partial charge in [0.25, 0.3) is 0 Å². The summed E-state index contributed by atoms with van der Waals surface area (Å²) in [6.45, 7) is 3.10. The van der Waals surface area contributed by atoms with Gasteiger partial charge in [0.15, 0.2) is 0 Å². The van der Waals surface area contributed by atoms with Crippen LogP contribution < -0.4 is 10.6 Å². The Hall–Kier alpha value is -2.58. The summed E-state index contributed by atoms with van der Waals surface area (Å²) in [5.74, 6) is 0.353. The van der Waals surface area contributed by atoms with Gasteiger partial charge in [-0.3, -0.25) is 0 Å². The van der Waals surface area contributed by atoms with Crippen LogP contribution >= 0.6 is 0 Å². The molecule has 7 nitrogen and oxygen atoms in total. The number of hydrogen-bond donors (Lipinski definition) is 2. The van der Waals surface area contributed by atoms with Gasteiger partial charge in [-0.2, -0.15) is 4.31 Å². The second-order valence-electron chi connectivity index (χ2n) is 7.42. The first-order valence-corrected chi connectivity index (χ1v) is 10.8. The summed E-state index contributed by atoms with van der Waals surface area (Å²) in [6, 6.07) is 10.7. The van der Waals surface area contributed by atoms with E-state index in [9.17, 15) is 8.42 Å². The van der Waals surface area contributed by atoms with Crippen molar-refractivity contribution in [3.8, 4) is 0 Å². The van der Waals surface area contributed by atoms with Gasteiger partial charge in [0.1, 0.15) is 10.5 Å². The Morgan fingerprint density at radius 2 is 2.04 bits per heavy atom. The lowest BCUT2D eigenvalue weighted by atomic mass is 9.93. The molecule has 0 spiro atoms. The molecule has 3 heterocycles. The minimum atomic E-state index is -3.63. The summed E-state index contributed by atoms with van der Waals surface area (Å²) in [5, 5.41) is 1.03. The van der Waals surface area contributed by atoms with E-state index in [1.807, 2.05) is 25.4 Å². The van der Waals surface area contributed by atoms with Crippen LogP contribution in [0, 0.1) is 5.92 Å². The number of pyridine rings is 1. The number of piperidine rings is 1. The lowest BCUT2D eigenvalue weighted by Gasteiger charge is -2.42. The first-order chi connectivity index (χ1) is 13.4. The van der Waals surface area contributed by atoms with Crippen molar-refractivity contribution in [1.82, 2.24) is 14.3 Å². The van der Waals surface area contributed by atoms with Crippen molar-refractivity contribution in [2.75, 3.05) is 30.8 Å². The van der Waals surface area contributed by atoms with Gasteiger partial charge >= 0.3 is 0 Å². The molecular formula is C20H25N5O2S. The number of sulfonamides is 1. The highest BCUT2D eigenvalue weighted by atomic mass is 32.2. The standard InChI is InChI=1S/C20H25N5O2S/c1-14-9-12-25(28(26,27)19-6-4-3-5-16(19)21)13-18(14)24(2)17-8-11-23-20-15(17)7-10-22-20/h3-8,10-11,14,18H,9,12-13,21H2,1-2H3,(H,22,23)/t14-,18?/m1/s1. The van der Waals surface area contributed by atoms with Gasteiger partial charge in [0, 0.05) is 49.6 Å². The number of aromatic nitrogens is 2. The van der Waals surface area contributed by atoms with Crippen molar-refractivity contribution in [2.45, 2.75) is 24.3 Å². The Labute approximate surface area is 165 Å². The number of aromatic amines is 1. The third-order valence-electron chi connectivity index (χ3n) is 5.73. The summed E-state index contributed by atoms with van der Waals surface area (Å²) in [7, 11) is -1.61. The lowest BCUT2D eigenvalue weighted by Crippen LogP contribution is -2.52. The summed E-state index contributed by atoms with van der Waals surface area (Å²) in [5.41, 5.74) is 8.11. The van der Waals surface area contributed by atoms with Crippen molar-refractivity contribution in [3.05, 3.63) is 48.8 Å². The molecule has 2 aromatic heterocycles. The Kier molecular flexibility index (Phi) is 4.76. The average molecular weight is 400 g/mol. The van der Waals surface area contributed by atoms with E-state index >= 15 is 0 Å². The monoisotopic (exact) mass is 399 g/mol. The van der Waals surface area contributed by atoms with Gasteiger partial charge in [0.2, 0.25) is 10.0 Å². The topological polar surface area (TPSA) is 95.3 Å². The number of anilines is 2. The SMILES string of the molecule is C[C@@H]1CCN(S(=O)(=O)c2ccccc2N)CC1N(C)c1ccnc2[nH]ccc12. The van der Waals surface area contributed by atoms with Crippen LogP contribution in [0.25, 0.3) is 11.0 Å². The molecule has 4 rings (SSSR count). The average Bonchev–Trinajstić information content (AvgIpc) is 3.16. The van der Waals surface area contributed by atoms with E-state index in [1.165, 1.54) is 0 Å². The van der Waals surface area contributed by atoms with Crippen molar-refractivity contribution < 1.29 is 8.42 Å². The number of nitrogens with one attached hydrogen (secondary N) is 1. The fourth-order valence-electron chi connectivity index (χ4n) is 4.03. The predicted octanol–water partition coefficient (Wildman–Crippen LogP) is 2.68. The molecule has 0 saturated carbocycles. The van der Waals surface area contributed by atoms with Crippen LogP contribution in [0.4, 0.5) is 11.4 Å². The van der Waals surface area contributed by atoms with Crippen LogP contribution in [0.15, 0.2) is 53.7 Å². The Morgan fingerprint density at radius 3 is 2.82 bits per heavy atom. The van der Waals surface area contributed by atoms with Gasteiger partial charge in [-0.05, 0) is 36.6 Å². The molecule has 148 valence electrons. The second kappa shape index (κ2) is 7.10. The van der Waals surface area contributed by atoms with Gasteiger partial charge in [-0.1, -0.05) is 19.1 Å². The van der Waals surface area contributed by atoms with Gasteiger partial charge in [-0.25, -0.2) is 13.4 Å². The Balaban J connectivity index is 1.65. The molecule has 1 saturated heterocycles. The summed E-state index contributed by atoms with van der Waals surface area (Å²) < 4.78 is 28.0. The van der Waals surface area contributed by atoms with E-state index in [-0.39, 0.29) is 16.6 Å². The number of nitrogen functional groups attached to an aromatic ring is 1. The number of para-hydroxylation sites is 1. The van der Waals surface area contributed by atoms with Gasteiger partial charge in [0.05, 0.1) is 5.69 Å². The first-order valence-electron chi connectivity index (χ1n) is 9.39. The molecule has 3 N–H and O–H groups in total. The van der Waals surface area contributed by atoms with Gasteiger partial charge in [-0.15, -0.1) is 0 Å². The maximum absolute atomic E-state index is 13.2. The summed E-state index contributed by atoms with van der Waals surface area (Å²) >= 11 is 0. The maximum atomic E-state index is 13.2. The van der Waals surface area contributed by atoms with E-state index < -0.39 is 10.0 Å². The fourth-order valence-corrected chi connectivity index (χ4v) is 5.62. The molecule has 1 aliphatic rings.